The zero-order chi connectivity index (χ0) is 19.1. The molecule has 0 bridgehead atoms. The Bertz CT molecular complexity index is 686. The maximum atomic E-state index is 12.2. The van der Waals surface area contributed by atoms with E-state index in [0.717, 1.165) is 6.42 Å². The smallest absolute Gasteiger partial charge is 0.338 e. The Balaban J connectivity index is 1.54. The lowest BCUT2D eigenvalue weighted by Gasteiger charge is -2.18. The van der Waals surface area contributed by atoms with E-state index in [1.807, 2.05) is 12.1 Å². The van der Waals surface area contributed by atoms with Gasteiger partial charge in [0.15, 0.2) is 0 Å². The monoisotopic (exact) mass is 386 g/mol. The number of esters is 2. The van der Waals surface area contributed by atoms with Crippen molar-refractivity contribution in [1.29, 1.82) is 0 Å². The normalized spacial score (nSPS) is 21.6. The van der Waals surface area contributed by atoms with Gasteiger partial charge in [-0.15, -0.1) is 11.8 Å². The van der Waals surface area contributed by atoms with E-state index < -0.39 is 0 Å². The highest BCUT2D eigenvalue weighted by molar-refractivity contribution is 8.00. The molecule has 27 heavy (non-hydrogen) atoms. The second-order valence-corrected chi connectivity index (χ2v) is 7.67. The Labute approximate surface area is 163 Å². The first-order valence-corrected chi connectivity index (χ1v) is 9.74. The molecule has 1 unspecified atom stereocenters. The van der Waals surface area contributed by atoms with Crippen LogP contribution in [0.15, 0.2) is 60.7 Å². The Hall–Kier alpha value is -2.31. The minimum absolute atomic E-state index is 0.00542. The first-order chi connectivity index (χ1) is 13.2. The summed E-state index contributed by atoms with van der Waals surface area (Å²) in [6.07, 6.45) is 0.747. The zero-order valence-electron chi connectivity index (χ0n) is 15.1. The van der Waals surface area contributed by atoms with Crippen LogP contribution in [0.4, 0.5) is 0 Å². The predicted molar refractivity (Wildman–Crippen MR) is 104 cm³/mol. The summed E-state index contributed by atoms with van der Waals surface area (Å²) in [6.45, 7) is 0.528. The van der Waals surface area contributed by atoms with Gasteiger partial charge in [-0.2, -0.15) is 0 Å². The number of carbonyl (C=O) groups excluding carboxylic acids is 2. The van der Waals surface area contributed by atoms with Crippen molar-refractivity contribution in [3.63, 3.8) is 0 Å². The van der Waals surface area contributed by atoms with Gasteiger partial charge >= 0.3 is 11.9 Å². The zero-order valence-corrected chi connectivity index (χ0v) is 15.9. The molecular formula is C21H22O5S. The maximum Gasteiger partial charge on any atom is 0.338 e. The van der Waals surface area contributed by atoms with Crippen molar-refractivity contribution in [1.82, 2.24) is 0 Å². The Kier molecular flexibility index (Phi) is 6.90. The van der Waals surface area contributed by atoms with Gasteiger partial charge in [-0.3, -0.25) is 0 Å². The summed E-state index contributed by atoms with van der Waals surface area (Å²) in [5, 5.41) is 0.0196. The van der Waals surface area contributed by atoms with Gasteiger partial charge in [-0.05, 0) is 30.7 Å². The van der Waals surface area contributed by atoms with Crippen LogP contribution in [0.2, 0.25) is 0 Å². The van der Waals surface area contributed by atoms with Crippen LogP contribution in [0.1, 0.15) is 27.1 Å². The number of benzene rings is 2. The average molecular weight is 386 g/mol. The van der Waals surface area contributed by atoms with E-state index in [1.54, 1.807) is 67.4 Å². The standard InChI is InChI=1S/C21H22O5S/c1-24-19-12-17(13-25-20(22)15-8-4-2-5-9-15)18(27-19)14-26-21(23)16-10-6-3-7-11-16/h2-11,17-19H,12-14H2,1H3/t17-,18-,19?/m1/s1. The van der Waals surface area contributed by atoms with Gasteiger partial charge in [0.2, 0.25) is 0 Å². The minimum Gasteiger partial charge on any atom is -0.462 e. The summed E-state index contributed by atoms with van der Waals surface area (Å²) in [7, 11) is 1.66. The van der Waals surface area contributed by atoms with Crippen molar-refractivity contribution >= 4 is 23.7 Å². The molecule has 0 radical (unpaired) electrons. The summed E-state index contributed by atoms with van der Waals surface area (Å²) in [5.41, 5.74) is 1.06. The molecule has 142 valence electrons. The molecule has 2 aromatic carbocycles. The van der Waals surface area contributed by atoms with Gasteiger partial charge in [-0.25, -0.2) is 9.59 Å². The third kappa shape index (κ3) is 5.34. The highest BCUT2D eigenvalue weighted by Gasteiger charge is 2.37. The largest absolute Gasteiger partial charge is 0.462 e. The van der Waals surface area contributed by atoms with E-state index in [4.69, 9.17) is 14.2 Å². The van der Waals surface area contributed by atoms with Crippen molar-refractivity contribution in [3.05, 3.63) is 71.8 Å². The molecule has 5 nitrogen and oxygen atoms in total. The third-order valence-electron chi connectivity index (χ3n) is 4.44. The van der Waals surface area contributed by atoms with Crippen LogP contribution in [0.3, 0.4) is 0 Å². The number of hydrogen-bond acceptors (Lipinski definition) is 6. The van der Waals surface area contributed by atoms with Gasteiger partial charge in [0.05, 0.1) is 17.7 Å². The fraction of sp³-hybridized carbons (Fsp3) is 0.333. The van der Waals surface area contributed by atoms with Gasteiger partial charge in [-0.1, -0.05) is 36.4 Å². The lowest BCUT2D eigenvalue weighted by atomic mass is 10.0. The minimum atomic E-state index is -0.350. The molecule has 1 aliphatic heterocycles. The van der Waals surface area contributed by atoms with Crippen molar-refractivity contribution in [3.8, 4) is 0 Å². The molecule has 6 heteroatoms. The van der Waals surface area contributed by atoms with Crippen LogP contribution in [-0.2, 0) is 14.2 Å². The average Bonchev–Trinajstić information content (AvgIpc) is 3.13. The van der Waals surface area contributed by atoms with Crippen LogP contribution in [0, 0.1) is 5.92 Å². The molecule has 2 aromatic rings. The number of carbonyl (C=O) groups is 2. The number of thioether (sulfide) groups is 1. The van der Waals surface area contributed by atoms with Crippen molar-refractivity contribution in [2.24, 2.45) is 5.92 Å². The van der Waals surface area contributed by atoms with E-state index in [2.05, 4.69) is 0 Å². The molecule has 3 atom stereocenters. The van der Waals surface area contributed by atoms with E-state index in [-0.39, 0.29) is 41.8 Å². The summed E-state index contributed by atoms with van der Waals surface area (Å²) < 4.78 is 16.4. The topological polar surface area (TPSA) is 61.8 Å². The van der Waals surface area contributed by atoms with Crippen molar-refractivity contribution in [2.75, 3.05) is 20.3 Å². The molecule has 0 aliphatic carbocycles. The molecule has 0 spiro atoms. The fourth-order valence-corrected chi connectivity index (χ4v) is 4.34. The van der Waals surface area contributed by atoms with Crippen LogP contribution < -0.4 is 0 Å². The van der Waals surface area contributed by atoms with Crippen molar-refractivity contribution < 1.29 is 23.8 Å². The maximum absolute atomic E-state index is 12.2. The summed E-state index contributed by atoms with van der Waals surface area (Å²) in [4.78, 5) is 24.3. The van der Waals surface area contributed by atoms with Gasteiger partial charge in [0, 0.05) is 18.3 Å². The lowest BCUT2D eigenvalue weighted by molar-refractivity contribution is 0.0347. The van der Waals surface area contributed by atoms with E-state index in [0.29, 0.717) is 11.1 Å². The number of rotatable bonds is 7. The molecular weight excluding hydrogens is 364 g/mol. The summed E-state index contributed by atoms with van der Waals surface area (Å²) in [5.74, 6) is -0.630. The van der Waals surface area contributed by atoms with Crippen molar-refractivity contribution in [2.45, 2.75) is 17.1 Å². The molecule has 0 aromatic heterocycles. The molecule has 1 fully saturated rings. The SMILES string of the molecule is COC1C[C@H](COC(=O)c2ccccc2)[C@@H](COC(=O)c2ccccc2)S1. The molecule has 1 aliphatic rings. The van der Waals surface area contributed by atoms with Crippen LogP contribution in [0.25, 0.3) is 0 Å². The summed E-state index contributed by atoms with van der Waals surface area (Å²) in [6, 6.07) is 17.8. The number of ether oxygens (including phenoxy) is 3. The summed E-state index contributed by atoms with van der Waals surface area (Å²) >= 11 is 1.61. The van der Waals surface area contributed by atoms with Crippen LogP contribution >= 0.6 is 11.8 Å². The molecule has 1 saturated heterocycles. The van der Waals surface area contributed by atoms with Gasteiger partial charge in [0.25, 0.3) is 0 Å². The lowest BCUT2D eigenvalue weighted by Crippen LogP contribution is -2.25. The first-order valence-electron chi connectivity index (χ1n) is 8.80. The molecule has 0 amide bonds. The molecule has 0 saturated carbocycles. The second-order valence-electron chi connectivity index (χ2n) is 6.26. The van der Waals surface area contributed by atoms with Crippen LogP contribution in [-0.4, -0.2) is 42.9 Å². The highest BCUT2D eigenvalue weighted by atomic mass is 32.2. The third-order valence-corrected chi connectivity index (χ3v) is 6.00. The first kappa shape index (κ1) is 19.5. The molecule has 1 heterocycles. The quantitative estimate of drug-likeness (QED) is 0.675. The Morgan fingerprint density at radius 3 is 1.93 bits per heavy atom. The molecule has 3 rings (SSSR count). The van der Waals surface area contributed by atoms with Gasteiger partial charge < -0.3 is 14.2 Å². The number of methoxy groups -OCH3 is 1. The number of hydrogen-bond donors (Lipinski definition) is 0. The second kappa shape index (κ2) is 9.58. The fourth-order valence-electron chi connectivity index (χ4n) is 2.92. The predicted octanol–water partition coefficient (Wildman–Crippen LogP) is 3.79. The Morgan fingerprint density at radius 2 is 1.41 bits per heavy atom. The van der Waals surface area contributed by atoms with Gasteiger partial charge in [0.1, 0.15) is 12.0 Å². The van der Waals surface area contributed by atoms with E-state index >= 15 is 0 Å². The van der Waals surface area contributed by atoms with E-state index in [9.17, 15) is 9.59 Å². The molecule has 0 N–H and O–H groups in total. The van der Waals surface area contributed by atoms with E-state index in [1.165, 1.54) is 0 Å². The van der Waals surface area contributed by atoms with Crippen LogP contribution in [0.5, 0.6) is 0 Å². The highest BCUT2D eigenvalue weighted by Crippen LogP contribution is 2.39. The Morgan fingerprint density at radius 1 is 0.889 bits per heavy atom.